The molecule has 2 N–H and O–H groups in total. The Hall–Kier alpha value is -3.42. The van der Waals surface area contributed by atoms with Crippen molar-refractivity contribution in [1.29, 1.82) is 0 Å². The van der Waals surface area contributed by atoms with Crippen LogP contribution in [0.3, 0.4) is 0 Å². The van der Waals surface area contributed by atoms with Gasteiger partial charge in [-0.25, -0.2) is 9.97 Å². The first-order valence-corrected chi connectivity index (χ1v) is 10.2. The van der Waals surface area contributed by atoms with Crippen molar-refractivity contribution in [3.05, 3.63) is 78.4 Å². The lowest BCUT2D eigenvalue weighted by Gasteiger charge is -2.13. The molecule has 0 spiro atoms. The first-order chi connectivity index (χ1) is 15.1. The van der Waals surface area contributed by atoms with Crippen molar-refractivity contribution < 1.29 is 9.53 Å². The maximum Gasteiger partial charge on any atom is 0.239 e. The minimum atomic E-state index is -0.274. The van der Waals surface area contributed by atoms with E-state index in [-0.39, 0.29) is 24.2 Å². The molecule has 2 aromatic heterocycles. The summed E-state index contributed by atoms with van der Waals surface area (Å²) in [5, 5.41) is 6.85. The largest absolute Gasteiger partial charge is 0.487 e. The fraction of sp³-hybridized carbons (Fsp3) is 0.130. The average Bonchev–Trinajstić information content (AvgIpc) is 2.79. The van der Waals surface area contributed by atoms with Crippen molar-refractivity contribution in [2.75, 3.05) is 16.5 Å². The van der Waals surface area contributed by atoms with Gasteiger partial charge in [0.1, 0.15) is 30.4 Å². The van der Waals surface area contributed by atoms with Crippen LogP contribution in [0.15, 0.2) is 67.1 Å². The highest BCUT2D eigenvalue weighted by Gasteiger charge is 2.09. The fourth-order valence-electron chi connectivity index (χ4n) is 3.09. The summed E-state index contributed by atoms with van der Waals surface area (Å²) in [6.07, 6.45) is 3.25. The Balaban J connectivity index is 0.00000289. The molecule has 2 aromatic carbocycles. The number of carbonyl (C=O) groups is 1. The Bertz CT molecular complexity index is 1220. The number of hydrogen-bond donors (Lipinski definition) is 2. The number of aromatic nitrogens is 3. The second-order valence-electron chi connectivity index (χ2n) is 6.85. The second kappa shape index (κ2) is 10.7. The summed E-state index contributed by atoms with van der Waals surface area (Å²) >= 11 is 5.58. The summed E-state index contributed by atoms with van der Waals surface area (Å²) in [6.45, 7) is 2.39. The van der Waals surface area contributed by atoms with Crippen LogP contribution in [0, 0.1) is 6.92 Å². The molecule has 0 atom stereocenters. The van der Waals surface area contributed by atoms with Crippen molar-refractivity contribution in [2.24, 2.45) is 0 Å². The average molecular weight is 470 g/mol. The van der Waals surface area contributed by atoms with Crippen LogP contribution in [0.1, 0.15) is 11.3 Å². The van der Waals surface area contributed by atoms with E-state index in [1.807, 2.05) is 55.5 Å². The van der Waals surface area contributed by atoms with Crippen LogP contribution in [-0.4, -0.2) is 26.7 Å². The summed E-state index contributed by atoms with van der Waals surface area (Å²) in [5.41, 5.74) is 4.10. The molecule has 0 aliphatic carbocycles. The lowest BCUT2D eigenvalue weighted by atomic mass is 10.1. The maximum atomic E-state index is 11.6. The zero-order chi connectivity index (χ0) is 21.6. The number of ether oxygens (including phenoxy) is 1. The standard InChI is InChI=1S/C23H20ClN5O2.ClH/c1-15-10-16(6-8-21(15)31-13-18-4-2-3-9-25-18)29-23-19-11-17(28-22(30)12-24)5-7-20(19)26-14-27-23;/h2-11,14H,12-13H2,1H3,(H,28,30)(H,26,27,29);1H. The molecule has 0 aliphatic rings. The number of halogens is 2. The molecular weight excluding hydrogens is 449 g/mol. The minimum Gasteiger partial charge on any atom is -0.487 e. The Morgan fingerprint density at radius 1 is 1.03 bits per heavy atom. The van der Waals surface area contributed by atoms with E-state index in [1.165, 1.54) is 6.33 Å². The summed E-state index contributed by atoms with van der Waals surface area (Å²) in [6, 6.07) is 17.0. The van der Waals surface area contributed by atoms with Crippen molar-refractivity contribution in [3.63, 3.8) is 0 Å². The third kappa shape index (κ3) is 5.63. The van der Waals surface area contributed by atoms with Gasteiger partial charge in [-0.05, 0) is 61.0 Å². The number of anilines is 3. The number of nitrogens with one attached hydrogen (secondary N) is 2. The van der Waals surface area contributed by atoms with Gasteiger partial charge in [-0.15, -0.1) is 24.0 Å². The van der Waals surface area contributed by atoms with E-state index >= 15 is 0 Å². The summed E-state index contributed by atoms with van der Waals surface area (Å²) < 4.78 is 5.89. The molecule has 4 rings (SSSR count). The molecule has 0 fully saturated rings. The maximum absolute atomic E-state index is 11.6. The number of alkyl halides is 1. The molecule has 0 saturated heterocycles. The lowest BCUT2D eigenvalue weighted by molar-refractivity contribution is -0.113. The first-order valence-electron chi connectivity index (χ1n) is 9.63. The smallest absolute Gasteiger partial charge is 0.239 e. The van der Waals surface area contributed by atoms with E-state index in [0.717, 1.165) is 33.6 Å². The normalized spacial score (nSPS) is 10.3. The van der Waals surface area contributed by atoms with E-state index < -0.39 is 0 Å². The Morgan fingerprint density at radius 3 is 2.62 bits per heavy atom. The Labute approximate surface area is 196 Å². The predicted octanol–water partition coefficient (Wildman–Crippen LogP) is 5.25. The summed E-state index contributed by atoms with van der Waals surface area (Å²) in [7, 11) is 0. The monoisotopic (exact) mass is 469 g/mol. The molecule has 0 aliphatic heterocycles. The molecule has 7 nitrogen and oxygen atoms in total. The van der Waals surface area contributed by atoms with Crippen molar-refractivity contribution in [2.45, 2.75) is 13.5 Å². The molecule has 4 aromatic rings. The third-order valence-corrected chi connectivity index (χ3v) is 4.82. The van der Waals surface area contributed by atoms with Gasteiger partial charge in [0.05, 0.1) is 11.2 Å². The van der Waals surface area contributed by atoms with Crippen LogP contribution in [-0.2, 0) is 11.4 Å². The van der Waals surface area contributed by atoms with Gasteiger partial charge < -0.3 is 15.4 Å². The third-order valence-electron chi connectivity index (χ3n) is 4.58. The predicted molar refractivity (Wildman–Crippen MR) is 129 cm³/mol. The molecule has 0 saturated carbocycles. The SMILES string of the molecule is Cc1cc(Nc2ncnc3ccc(NC(=O)CCl)cc23)ccc1OCc1ccccn1.Cl. The highest BCUT2D eigenvalue weighted by Crippen LogP contribution is 2.28. The van der Waals surface area contributed by atoms with Gasteiger partial charge in [-0.3, -0.25) is 9.78 Å². The quantitative estimate of drug-likeness (QED) is 0.359. The molecule has 1 amide bonds. The Kier molecular flexibility index (Phi) is 7.81. The lowest BCUT2D eigenvalue weighted by Crippen LogP contribution is -2.12. The number of hydrogen-bond acceptors (Lipinski definition) is 6. The van der Waals surface area contributed by atoms with Gasteiger partial charge in [0.2, 0.25) is 5.91 Å². The van der Waals surface area contributed by atoms with Gasteiger partial charge in [-0.1, -0.05) is 6.07 Å². The number of aryl methyl sites for hydroxylation is 1. The van der Waals surface area contributed by atoms with E-state index in [1.54, 1.807) is 12.3 Å². The van der Waals surface area contributed by atoms with E-state index in [9.17, 15) is 4.79 Å². The van der Waals surface area contributed by atoms with Gasteiger partial charge >= 0.3 is 0 Å². The molecule has 9 heteroatoms. The van der Waals surface area contributed by atoms with Crippen molar-refractivity contribution >= 4 is 58.0 Å². The second-order valence-corrected chi connectivity index (χ2v) is 7.12. The van der Waals surface area contributed by atoms with Crippen LogP contribution in [0.4, 0.5) is 17.2 Å². The number of pyridine rings is 1. The molecular formula is C23H21Cl2N5O2. The van der Waals surface area contributed by atoms with Crippen molar-refractivity contribution in [3.8, 4) is 5.75 Å². The summed E-state index contributed by atoms with van der Waals surface area (Å²) in [5.74, 6) is 1.04. The fourth-order valence-corrected chi connectivity index (χ4v) is 3.16. The molecule has 0 bridgehead atoms. The van der Waals surface area contributed by atoms with Crippen LogP contribution >= 0.6 is 24.0 Å². The molecule has 2 heterocycles. The van der Waals surface area contributed by atoms with E-state index in [2.05, 4.69) is 25.6 Å². The van der Waals surface area contributed by atoms with Crippen LogP contribution in [0.2, 0.25) is 0 Å². The number of rotatable bonds is 7. The zero-order valence-electron chi connectivity index (χ0n) is 17.2. The van der Waals surface area contributed by atoms with Crippen LogP contribution in [0.25, 0.3) is 10.9 Å². The Morgan fingerprint density at radius 2 is 1.88 bits per heavy atom. The highest BCUT2D eigenvalue weighted by atomic mass is 35.5. The number of nitrogens with zero attached hydrogens (tertiary/aromatic N) is 3. The topological polar surface area (TPSA) is 89.0 Å². The number of carbonyl (C=O) groups excluding carboxylic acids is 1. The number of benzene rings is 2. The number of amides is 1. The minimum absolute atomic E-state index is 0. The molecule has 32 heavy (non-hydrogen) atoms. The molecule has 0 radical (unpaired) electrons. The van der Waals surface area contributed by atoms with Gasteiger partial charge in [0.15, 0.2) is 0 Å². The summed E-state index contributed by atoms with van der Waals surface area (Å²) in [4.78, 5) is 24.5. The van der Waals surface area contributed by atoms with Crippen LogP contribution in [0.5, 0.6) is 5.75 Å². The van der Waals surface area contributed by atoms with Crippen LogP contribution < -0.4 is 15.4 Å². The van der Waals surface area contributed by atoms with Crippen molar-refractivity contribution in [1.82, 2.24) is 15.0 Å². The molecule has 164 valence electrons. The van der Waals surface area contributed by atoms with E-state index in [4.69, 9.17) is 16.3 Å². The zero-order valence-corrected chi connectivity index (χ0v) is 18.8. The van der Waals surface area contributed by atoms with Gasteiger partial charge in [0.25, 0.3) is 0 Å². The first kappa shape index (κ1) is 23.2. The highest BCUT2D eigenvalue weighted by molar-refractivity contribution is 6.29. The molecule has 0 unspecified atom stereocenters. The van der Waals surface area contributed by atoms with Gasteiger partial charge in [0, 0.05) is 23.0 Å². The van der Waals surface area contributed by atoms with E-state index in [0.29, 0.717) is 18.1 Å². The number of fused-ring (bicyclic) bond motifs is 1. The van der Waals surface area contributed by atoms with Gasteiger partial charge in [-0.2, -0.15) is 0 Å².